The number of hydrogen-bond acceptors (Lipinski definition) is 4. The Morgan fingerprint density at radius 3 is 2.95 bits per heavy atom. The van der Waals surface area contributed by atoms with Crippen molar-refractivity contribution in [2.24, 2.45) is 0 Å². The second kappa shape index (κ2) is 7.41. The van der Waals surface area contributed by atoms with Crippen molar-refractivity contribution < 1.29 is 4.79 Å². The van der Waals surface area contributed by atoms with E-state index in [1.165, 1.54) is 0 Å². The molecule has 1 aromatic heterocycles. The Labute approximate surface area is 127 Å². The van der Waals surface area contributed by atoms with Gasteiger partial charge in [-0.25, -0.2) is 0 Å². The van der Waals surface area contributed by atoms with E-state index in [1.54, 1.807) is 12.4 Å². The molecule has 1 unspecified atom stereocenters. The summed E-state index contributed by atoms with van der Waals surface area (Å²) in [6.07, 6.45) is 5.50. The van der Waals surface area contributed by atoms with Crippen LogP contribution in [-0.2, 0) is 0 Å². The molecule has 0 radical (unpaired) electrons. The fourth-order valence-corrected chi connectivity index (χ4v) is 2.72. The first-order valence-electron chi connectivity index (χ1n) is 7.84. The summed E-state index contributed by atoms with van der Waals surface area (Å²) in [6.45, 7) is 7.67. The van der Waals surface area contributed by atoms with Crippen molar-refractivity contribution in [3.8, 4) is 0 Å². The Hall–Kier alpha value is -1.62. The largest absolute Gasteiger partial charge is 0.384 e. The standard InChI is InChI=1S/C16H26N4O/c1-4-7-18-15-6-8-17-11-14(15)16(21)20-10-9-19(3)13(5-2)12-20/h6,8,11,13H,4-5,7,9-10,12H2,1-3H3,(H,17,18). The van der Waals surface area contributed by atoms with Crippen molar-refractivity contribution in [3.05, 3.63) is 24.0 Å². The number of pyridine rings is 1. The van der Waals surface area contributed by atoms with Gasteiger partial charge < -0.3 is 10.2 Å². The number of piperazine rings is 1. The van der Waals surface area contributed by atoms with Crippen LogP contribution in [0.4, 0.5) is 5.69 Å². The molecule has 0 aromatic carbocycles. The van der Waals surface area contributed by atoms with E-state index in [2.05, 4.69) is 36.1 Å². The number of nitrogens with one attached hydrogen (secondary N) is 1. The van der Waals surface area contributed by atoms with Crippen LogP contribution in [0.2, 0.25) is 0 Å². The second-order valence-corrected chi connectivity index (χ2v) is 5.64. The fourth-order valence-electron chi connectivity index (χ4n) is 2.72. The highest BCUT2D eigenvalue weighted by molar-refractivity contribution is 5.99. The van der Waals surface area contributed by atoms with E-state index in [1.807, 2.05) is 11.0 Å². The zero-order valence-corrected chi connectivity index (χ0v) is 13.3. The van der Waals surface area contributed by atoms with Crippen LogP contribution < -0.4 is 5.32 Å². The Morgan fingerprint density at radius 1 is 1.43 bits per heavy atom. The molecular formula is C16H26N4O. The molecule has 21 heavy (non-hydrogen) atoms. The molecule has 1 fully saturated rings. The first-order valence-corrected chi connectivity index (χ1v) is 7.84. The monoisotopic (exact) mass is 290 g/mol. The van der Waals surface area contributed by atoms with Gasteiger partial charge in [-0.05, 0) is 26.0 Å². The summed E-state index contributed by atoms with van der Waals surface area (Å²) in [7, 11) is 2.13. The minimum atomic E-state index is 0.0910. The number of rotatable bonds is 5. The van der Waals surface area contributed by atoms with Crippen LogP contribution in [0.1, 0.15) is 37.0 Å². The summed E-state index contributed by atoms with van der Waals surface area (Å²) in [4.78, 5) is 21.2. The molecule has 0 bridgehead atoms. The van der Waals surface area contributed by atoms with Gasteiger partial charge >= 0.3 is 0 Å². The molecule has 1 aromatic rings. The van der Waals surface area contributed by atoms with Crippen molar-refractivity contribution in [3.63, 3.8) is 0 Å². The van der Waals surface area contributed by atoms with Crippen molar-refractivity contribution in [1.82, 2.24) is 14.8 Å². The smallest absolute Gasteiger partial charge is 0.257 e. The summed E-state index contributed by atoms with van der Waals surface area (Å²) in [5.74, 6) is 0.0910. The molecule has 2 heterocycles. The number of likely N-dealkylation sites (N-methyl/N-ethyl adjacent to an activating group) is 1. The van der Waals surface area contributed by atoms with E-state index in [0.29, 0.717) is 11.6 Å². The van der Waals surface area contributed by atoms with Gasteiger partial charge in [0.1, 0.15) is 0 Å². The molecule has 1 aliphatic heterocycles. The lowest BCUT2D eigenvalue weighted by molar-refractivity contribution is 0.0542. The molecule has 2 rings (SSSR count). The normalized spacial score (nSPS) is 19.6. The Balaban J connectivity index is 2.12. The van der Waals surface area contributed by atoms with Crippen LogP contribution in [-0.4, -0.2) is 60.0 Å². The van der Waals surface area contributed by atoms with Crippen LogP contribution in [0.3, 0.4) is 0 Å². The summed E-state index contributed by atoms with van der Waals surface area (Å²) >= 11 is 0. The molecule has 1 atom stereocenters. The van der Waals surface area contributed by atoms with Gasteiger partial charge in [-0.3, -0.25) is 14.7 Å². The number of carbonyl (C=O) groups is 1. The SMILES string of the molecule is CCCNc1ccncc1C(=O)N1CCN(C)C(CC)C1. The van der Waals surface area contributed by atoms with Crippen LogP contribution in [0.5, 0.6) is 0 Å². The van der Waals surface area contributed by atoms with Crippen LogP contribution >= 0.6 is 0 Å². The number of aromatic nitrogens is 1. The number of amides is 1. The lowest BCUT2D eigenvalue weighted by Gasteiger charge is -2.39. The third-order valence-electron chi connectivity index (χ3n) is 4.15. The Bertz CT molecular complexity index is 477. The summed E-state index contributed by atoms with van der Waals surface area (Å²) in [6, 6.07) is 2.34. The molecule has 0 spiro atoms. The molecule has 1 saturated heterocycles. The van der Waals surface area contributed by atoms with Gasteiger partial charge in [-0.1, -0.05) is 13.8 Å². The molecule has 1 N–H and O–H groups in total. The van der Waals surface area contributed by atoms with E-state index in [0.717, 1.165) is 44.7 Å². The van der Waals surface area contributed by atoms with Crippen LogP contribution in [0, 0.1) is 0 Å². The van der Waals surface area contributed by atoms with Gasteiger partial charge in [0.05, 0.1) is 11.3 Å². The van der Waals surface area contributed by atoms with Gasteiger partial charge in [0.25, 0.3) is 5.91 Å². The molecule has 0 saturated carbocycles. The van der Waals surface area contributed by atoms with Crippen molar-refractivity contribution in [2.75, 3.05) is 38.5 Å². The lowest BCUT2D eigenvalue weighted by atomic mass is 10.1. The van der Waals surface area contributed by atoms with Crippen molar-refractivity contribution in [1.29, 1.82) is 0 Å². The van der Waals surface area contributed by atoms with Gasteiger partial charge in [-0.2, -0.15) is 0 Å². The highest BCUT2D eigenvalue weighted by atomic mass is 16.2. The maximum atomic E-state index is 12.8. The molecule has 1 aliphatic rings. The highest BCUT2D eigenvalue weighted by Gasteiger charge is 2.27. The first kappa shape index (κ1) is 15.8. The zero-order chi connectivity index (χ0) is 15.2. The number of anilines is 1. The zero-order valence-electron chi connectivity index (χ0n) is 13.3. The fraction of sp³-hybridized carbons (Fsp3) is 0.625. The topological polar surface area (TPSA) is 48.5 Å². The summed E-state index contributed by atoms with van der Waals surface area (Å²) in [5.41, 5.74) is 1.58. The maximum absolute atomic E-state index is 12.8. The number of carbonyl (C=O) groups excluding carboxylic acids is 1. The molecule has 5 nitrogen and oxygen atoms in total. The Kier molecular flexibility index (Phi) is 5.56. The van der Waals surface area contributed by atoms with Gasteiger partial charge in [0.2, 0.25) is 0 Å². The molecule has 0 aliphatic carbocycles. The molecule has 116 valence electrons. The predicted octanol–water partition coefficient (Wildman–Crippen LogP) is 2.07. The van der Waals surface area contributed by atoms with E-state index in [9.17, 15) is 4.79 Å². The summed E-state index contributed by atoms with van der Waals surface area (Å²) < 4.78 is 0. The quantitative estimate of drug-likeness (QED) is 0.902. The average molecular weight is 290 g/mol. The first-order chi connectivity index (χ1) is 10.2. The molecule has 5 heteroatoms. The predicted molar refractivity (Wildman–Crippen MR) is 85.6 cm³/mol. The third kappa shape index (κ3) is 3.73. The maximum Gasteiger partial charge on any atom is 0.257 e. The van der Waals surface area contributed by atoms with Crippen molar-refractivity contribution >= 4 is 11.6 Å². The number of nitrogens with zero attached hydrogens (tertiary/aromatic N) is 3. The van der Waals surface area contributed by atoms with Gasteiger partial charge in [0, 0.05) is 44.6 Å². The molecular weight excluding hydrogens is 264 g/mol. The van der Waals surface area contributed by atoms with Crippen LogP contribution in [0.15, 0.2) is 18.5 Å². The second-order valence-electron chi connectivity index (χ2n) is 5.64. The minimum Gasteiger partial charge on any atom is -0.384 e. The van der Waals surface area contributed by atoms with Gasteiger partial charge in [-0.15, -0.1) is 0 Å². The third-order valence-corrected chi connectivity index (χ3v) is 4.15. The van der Waals surface area contributed by atoms with E-state index < -0.39 is 0 Å². The van der Waals surface area contributed by atoms with E-state index in [4.69, 9.17) is 0 Å². The summed E-state index contributed by atoms with van der Waals surface area (Å²) in [5, 5.41) is 3.32. The number of hydrogen-bond donors (Lipinski definition) is 1. The Morgan fingerprint density at radius 2 is 2.24 bits per heavy atom. The van der Waals surface area contributed by atoms with Crippen LogP contribution in [0.25, 0.3) is 0 Å². The minimum absolute atomic E-state index is 0.0910. The lowest BCUT2D eigenvalue weighted by Crippen LogP contribution is -2.53. The highest BCUT2D eigenvalue weighted by Crippen LogP contribution is 2.19. The average Bonchev–Trinajstić information content (AvgIpc) is 2.53. The van der Waals surface area contributed by atoms with Gasteiger partial charge in [0.15, 0.2) is 0 Å². The molecule has 1 amide bonds. The van der Waals surface area contributed by atoms with E-state index >= 15 is 0 Å². The van der Waals surface area contributed by atoms with Crippen molar-refractivity contribution in [2.45, 2.75) is 32.7 Å². The van der Waals surface area contributed by atoms with E-state index in [-0.39, 0.29) is 5.91 Å².